The summed E-state index contributed by atoms with van der Waals surface area (Å²) < 4.78 is 115. The predicted octanol–water partition coefficient (Wildman–Crippen LogP) is 14.5. The van der Waals surface area contributed by atoms with Gasteiger partial charge < -0.3 is 37.2 Å². The van der Waals surface area contributed by atoms with Gasteiger partial charge in [0.25, 0.3) is 36.0 Å². The molecule has 109 heavy (non-hydrogen) atoms. The highest BCUT2D eigenvalue weighted by Crippen LogP contribution is 2.37. The standard InChI is InChI=1S/C25H30BN3O4.C25H24F2N4O2.C25H22F2N4O2.C6H4BrF2N/c1-24(2)25(3,4)33-26(32-24)19-8-6-17(7-9-19)14-20-16-29-21(23(30)28(20)5)15-27-22(29)18-10-12-31-13-11-18;2*1-30-19(15-31-22(25(30)32)14-28-24(31)18-9-11-33-12-10-18)13-16-5-7-17(8-6-16)20-3-2-4-21(29-20)23(26)27;7-5-3-1-2-4(10-5)6(8)9/h6-10,15-16H,11-14H2,1-5H3;2-8,14-15,18,23H,9-13H2,1H3;2-9,14-15,23H,10-13H2,1H3;1-3,6H. The zero-order chi connectivity index (χ0) is 76.8. The molecule has 28 heteroatoms. The number of halogens is 7. The molecule has 0 aliphatic carbocycles. The Hall–Kier alpha value is -10.2. The molecule has 4 aliphatic rings. The second-order valence-electron chi connectivity index (χ2n) is 27.9. The summed E-state index contributed by atoms with van der Waals surface area (Å²) >= 11 is 2.99. The Bertz CT molecular complexity index is 5500. The van der Waals surface area contributed by atoms with Crippen molar-refractivity contribution >= 4 is 56.2 Å². The minimum atomic E-state index is -2.61. The lowest BCUT2D eigenvalue weighted by molar-refractivity contribution is 0.00578. The third-order valence-electron chi connectivity index (χ3n) is 20.3. The van der Waals surface area contributed by atoms with Crippen LogP contribution in [0.2, 0.25) is 0 Å². The summed E-state index contributed by atoms with van der Waals surface area (Å²) in [7, 11) is 4.96. The fourth-order valence-corrected chi connectivity index (χ4v) is 13.6. The molecule has 9 aromatic heterocycles. The van der Waals surface area contributed by atoms with Crippen molar-refractivity contribution in [1.29, 1.82) is 0 Å². The average Bonchev–Trinajstić information content (AvgIpc) is 1.66. The van der Waals surface area contributed by atoms with Gasteiger partial charge in [-0.25, -0.2) is 56.2 Å². The van der Waals surface area contributed by atoms with Gasteiger partial charge in [0.15, 0.2) is 0 Å². The summed E-state index contributed by atoms with van der Waals surface area (Å²) in [6.45, 7) is 12.1. The number of hydrogen-bond donors (Lipinski definition) is 0. The van der Waals surface area contributed by atoms with Gasteiger partial charge in [-0.2, -0.15) is 0 Å². The fourth-order valence-electron chi connectivity index (χ4n) is 13.3. The van der Waals surface area contributed by atoms with Crippen molar-refractivity contribution in [3.05, 3.63) is 281 Å². The van der Waals surface area contributed by atoms with Crippen molar-refractivity contribution in [2.45, 2.75) is 109 Å². The van der Waals surface area contributed by atoms with E-state index >= 15 is 0 Å². The maximum atomic E-state index is 13.0. The van der Waals surface area contributed by atoms with Crippen LogP contribution in [0.15, 0.2) is 196 Å². The Morgan fingerprint density at radius 2 is 0.862 bits per heavy atom. The molecule has 16 rings (SSSR count). The van der Waals surface area contributed by atoms with Gasteiger partial charge in [-0.15, -0.1) is 0 Å². The van der Waals surface area contributed by atoms with Gasteiger partial charge in [0.2, 0.25) is 0 Å². The number of pyridine rings is 3. The van der Waals surface area contributed by atoms with Gasteiger partial charge in [0.1, 0.15) is 55.7 Å². The number of hydrogen-bond acceptors (Lipinski definition) is 14. The van der Waals surface area contributed by atoms with Gasteiger partial charge in [0.05, 0.1) is 67.6 Å². The maximum Gasteiger partial charge on any atom is 0.494 e. The molecule has 0 saturated carbocycles. The number of alkyl halides is 6. The van der Waals surface area contributed by atoms with Crippen LogP contribution in [0.1, 0.15) is 147 Å². The number of ether oxygens (including phenoxy) is 3. The number of nitrogens with zero attached hydrogens (tertiary/aromatic N) is 12. The van der Waals surface area contributed by atoms with Gasteiger partial charge in [0, 0.05) is 106 Å². The maximum absolute atomic E-state index is 13.0. The minimum Gasteiger partial charge on any atom is -0.399 e. The molecule has 3 aromatic carbocycles. The molecule has 12 aromatic rings. The molecule has 0 N–H and O–H groups in total. The smallest absolute Gasteiger partial charge is 0.399 e. The molecule has 0 unspecified atom stereocenters. The van der Waals surface area contributed by atoms with Crippen molar-refractivity contribution in [2.24, 2.45) is 21.1 Å². The molecule has 2 fully saturated rings. The first kappa shape index (κ1) is 77.0. The molecule has 13 heterocycles. The van der Waals surface area contributed by atoms with Gasteiger partial charge in [-0.1, -0.05) is 103 Å². The minimum absolute atomic E-state index is 0.0484. The summed E-state index contributed by atoms with van der Waals surface area (Å²) in [6, 6.07) is 37.1. The monoisotopic (exact) mass is 1550 g/mol. The molecular formula is C81H80BBrF6N12O8. The Balaban J connectivity index is 0.000000135. The Kier molecular flexibility index (Phi) is 23.5. The number of aromatic nitrogens is 12. The topological polar surface area (TPSA) is 203 Å². The van der Waals surface area contributed by atoms with Gasteiger partial charge in [-0.3, -0.25) is 27.6 Å². The number of imidazole rings is 3. The largest absolute Gasteiger partial charge is 0.494 e. The predicted molar refractivity (Wildman–Crippen MR) is 408 cm³/mol. The average molecular weight is 1550 g/mol. The molecule has 20 nitrogen and oxygen atoms in total. The highest BCUT2D eigenvalue weighted by molar-refractivity contribution is 9.10. The number of fused-ring (bicyclic) bond motifs is 3. The summed E-state index contributed by atoms with van der Waals surface area (Å²) in [4.78, 5) is 64.2. The quantitative estimate of drug-likeness (QED) is 0.0532. The van der Waals surface area contributed by atoms with Crippen LogP contribution in [-0.4, -0.2) is 115 Å². The van der Waals surface area contributed by atoms with Crippen molar-refractivity contribution in [3.8, 4) is 22.5 Å². The molecule has 0 spiro atoms. The fraction of sp³-hybridized carbons (Fsp3) is 0.321. The first-order chi connectivity index (χ1) is 52.4. The summed E-state index contributed by atoms with van der Waals surface area (Å²) in [5, 5.41) is 0. The van der Waals surface area contributed by atoms with Crippen LogP contribution in [0.3, 0.4) is 0 Å². The van der Waals surface area contributed by atoms with E-state index in [0.29, 0.717) is 91.4 Å². The molecule has 0 atom stereocenters. The number of benzene rings is 3. The first-order valence-electron chi connectivity index (χ1n) is 35.7. The van der Waals surface area contributed by atoms with Crippen molar-refractivity contribution in [3.63, 3.8) is 0 Å². The van der Waals surface area contributed by atoms with E-state index in [9.17, 15) is 40.7 Å². The van der Waals surface area contributed by atoms with Gasteiger partial charge >= 0.3 is 7.12 Å². The van der Waals surface area contributed by atoms with E-state index < -0.39 is 19.3 Å². The van der Waals surface area contributed by atoms with E-state index in [0.717, 1.165) is 105 Å². The van der Waals surface area contributed by atoms with Crippen molar-refractivity contribution in [1.82, 2.24) is 56.8 Å². The molecular weight excluding hydrogens is 1470 g/mol. The van der Waals surface area contributed by atoms with Crippen LogP contribution >= 0.6 is 15.9 Å². The highest BCUT2D eigenvalue weighted by atomic mass is 79.9. The molecule has 0 radical (unpaired) electrons. The van der Waals surface area contributed by atoms with Crippen LogP contribution in [0.4, 0.5) is 26.3 Å². The SMILES string of the molecule is Cn1c(Cc2ccc(-c3cccc(C(F)F)n3)cc2)cn2c(C3=CCOCC3)ncc2c1=O.Cn1c(Cc2ccc(-c3cccc(C(F)F)n3)cc2)cn2c(C3CCOCC3)ncc2c1=O.Cn1c(Cc2ccc(B3OC(C)(C)C(C)(C)O3)cc2)cn2c(C3=CCOCC3)ncc2c1=O.FC(F)c1cccc(Br)n1. The van der Waals surface area contributed by atoms with Crippen molar-refractivity contribution in [2.75, 3.05) is 39.6 Å². The summed E-state index contributed by atoms with van der Waals surface area (Å²) in [5.74, 6) is 2.78. The van der Waals surface area contributed by atoms with E-state index in [1.807, 2.05) is 112 Å². The molecule has 0 bridgehead atoms. The first-order valence-corrected chi connectivity index (χ1v) is 36.5. The van der Waals surface area contributed by atoms with Gasteiger partial charge in [-0.05, 0) is 139 Å². The molecule has 4 aliphatic heterocycles. The van der Waals surface area contributed by atoms with E-state index in [1.54, 1.807) is 76.7 Å². The Labute approximate surface area is 632 Å². The van der Waals surface area contributed by atoms with E-state index in [-0.39, 0.29) is 58.0 Å². The lowest BCUT2D eigenvalue weighted by atomic mass is 9.78. The second kappa shape index (κ2) is 33.3. The van der Waals surface area contributed by atoms with E-state index in [4.69, 9.17) is 23.5 Å². The van der Waals surface area contributed by atoms with Crippen LogP contribution in [0.25, 0.3) is 50.2 Å². The van der Waals surface area contributed by atoms with Crippen LogP contribution in [0.5, 0.6) is 0 Å². The lowest BCUT2D eigenvalue weighted by Gasteiger charge is -2.32. The molecule has 0 amide bonds. The Morgan fingerprint density at radius 1 is 0.477 bits per heavy atom. The molecule has 2 saturated heterocycles. The number of rotatable bonds is 15. The highest BCUT2D eigenvalue weighted by Gasteiger charge is 2.51. The van der Waals surface area contributed by atoms with Crippen molar-refractivity contribution < 1.29 is 49.9 Å². The third kappa shape index (κ3) is 17.3. The van der Waals surface area contributed by atoms with Crippen LogP contribution in [0, 0.1) is 0 Å². The van der Waals surface area contributed by atoms with E-state index in [2.05, 4.69) is 85.7 Å². The summed E-state index contributed by atoms with van der Waals surface area (Å²) in [6.07, 6.45) is 12.3. The summed E-state index contributed by atoms with van der Waals surface area (Å²) in [5.41, 5.74) is 11.5. The molecule has 564 valence electrons. The normalized spacial score (nSPS) is 15.7. The Morgan fingerprint density at radius 3 is 1.26 bits per heavy atom. The van der Waals surface area contributed by atoms with Crippen LogP contribution < -0.4 is 22.1 Å². The second-order valence-corrected chi connectivity index (χ2v) is 28.7. The zero-order valence-corrected chi connectivity index (χ0v) is 62.7. The van der Waals surface area contributed by atoms with Crippen LogP contribution in [-0.2, 0) is 63.9 Å². The van der Waals surface area contributed by atoms with E-state index in [1.165, 1.54) is 24.3 Å². The zero-order valence-electron chi connectivity index (χ0n) is 61.1. The lowest BCUT2D eigenvalue weighted by Crippen LogP contribution is -2.41. The third-order valence-corrected chi connectivity index (χ3v) is 20.8.